The van der Waals surface area contributed by atoms with Gasteiger partial charge >= 0.3 is 5.97 Å². The van der Waals surface area contributed by atoms with Gasteiger partial charge in [-0.25, -0.2) is 0 Å². The van der Waals surface area contributed by atoms with Crippen molar-refractivity contribution >= 4 is 22.4 Å². The summed E-state index contributed by atoms with van der Waals surface area (Å²) >= 11 is 0. The Bertz CT molecular complexity index is 578. The third kappa shape index (κ3) is 2.62. The Kier molecular flexibility index (Phi) is 3.51. The molecule has 0 fully saturated rings. The Balaban J connectivity index is 2.29. The van der Waals surface area contributed by atoms with E-state index in [4.69, 9.17) is 0 Å². The zero-order valence-corrected chi connectivity index (χ0v) is 10.9. The molecule has 0 unspecified atom stereocenters. The van der Waals surface area contributed by atoms with Gasteiger partial charge in [-0.3, -0.25) is 4.79 Å². The van der Waals surface area contributed by atoms with Crippen LogP contribution in [0.5, 0.6) is 0 Å². The monoisotopic (exact) mass is 243 g/mol. The lowest BCUT2D eigenvalue weighted by Gasteiger charge is -2.18. The van der Waals surface area contributed by atoms with E-state index in [1.54, 1.807) is 0 Å². The number of fused-ring (bicyclic) bond motifs is 1. The number of hydrogen-bond donors (Lipinski definition) is 0. The average Bonchev–Trinajstić information content (AvgIpc) is 2.37. The third-order valence-corrected chi connectivity index (χ3v) is 3.01. The minimum absolute atomic E-state index is 0.235. The highest BCUT2D eigenvalue weighted by Gasteiger charge is 2.07. The first kappa shape index (κ1) is 12.4. The first-order valence-corrected chi connectivity index (χ1v) is 5.88. The Labute approximate surface area is 107 Å². The van der Waals surface area contributed by atoms with Crippen LogP contribution in [0.3, 0.4) is 0 Å². The number of methoxy groups -OCH3 is 1. The van der Waals surface area contributed by atoms with Gasteiger partial charge in [-0.1, -0.05) is 29.8 Å². The van der Waals surface area contributed by atoms with E-state index >= 15 is 0 Å². The number of nitrogens with zero attached hydrogens (tertiary/aromatic N) is 1. The number of benzene rings is 2. The molecule has 0 saturated carbocycles. The van der Waals surface area contributed by atoms with Crippen LogP contribution in [0.15, 0.2) is 36.4 Å². The lowest BCUT2D eigenvalue weighted by atomic mass is 10.1. The molecule has 0 bridgehead atoms. The molecule has 0 aliphatic carbocycles. The second kappa shape index (κ2) is 5.08. The molecule has 0 aliphatic rings. The fraction of sp³-hybridized carbons (Fsp3) is 0.267. The van der Waals surface area contributed by atoms with Gasteiger partial charge < -0.3 is 9.64 Å². The van der Waals surface area contributed by atoms with Crippen molar-refractivity contribution in [1.29, 1.82) is 0 Å². The van der Waals surface area contributed by atoms with Crippen LogP contribution in [0.4, 0.5) is 5.69 Å². The Morgan fingerprint density at radius 2 is 1.83 bits per heavy atom. The molecule has 0 atom stereocenters. The number of hydrogen-bond acceptors (Lipinski definition) is 3. The van der Waals surface area contributed by atoms with Crippen molar-refractivity contribution in [3.05, 3.63) is 42.0 Å². The van der Waals surface area contributed by atoms with Gasteiger partial charge in [0.1, 0.15) is 6.54 Å². The molecular formula is C15H17NO2. The number of aryl methyl sites for hydroxylation is 1. The second-order valence-electron chi connectivity index (χ2n) is 4.47. The van der Waals surface area contributed by atoms with Gasteiger partial charge in [-0.2, -0.15) is 0 Å². The van der Waals surface area contributed by atoms with Crippen molar-refractivity contribution in [1.82, 2.24) is 0 Å². The lowest BCUT2D eigenvalue weighted by Crippen LogP contribution is -2.26. The summed E-state index contributed by atoms with van der Waals surface area (Å²) in [6, 6.07) is 12.5. The third-order valence-electron chi connectivity index (χ3n) is 3.01. The molecule has 0 heterocycles. The zero-order chi connectivity index (χ0) is 13.1. The SMILES string of the molecule is COC(=O)CN(C)c1ccc2cc(C)ccc2c1. The number of esters is 1. The largest absolute Gasteiger partial charge is 0.468 e. The highest BCUT2D eigenvalue weighted by Crippen LogP contribution is 2.22. The molecule has 18 heavy (non-hydrogen) atoms. The van der Waals surface area contributed by atoms with E-state index in [2.05, 4.69) is 42.0 Å². The lowest BCUT2D eigenvalue weighted by molar-refractivity contribution is -0.138. The van der Waals surface area contributed by atoms with E-state index < -0.39 is 0 Å². The van der Waals surface area contributed by atoms with Crippen molar-refractivity contribution in [2.45, 2.75) is 6.92 Å². The van der Waals surface area contributed by atoms with Crippen molar-refractivity contribution in [2.24, 2.45) is 0 Å². The molecule has 2 rings (SSSR count). The van der Waals surface area contributed by atoms with Crippen LogP contribution in [-0.2, 0) is 9.53 Å². The van der Waals surface area contributed by atoms with Crippen LogP contribution >= 0.6 is 0 Å². The fourth-order valence-corrected chi connectivity index (χ4v) is 1.94. The predicted molar refractivity (Wildman–Crippen MR) is 74.0 cm³/mol. The van der Waals surface area contributed by atoms with E-state index in [-0.39, 0.29) is 12.5 Å². The summed E-state index contributed by atoms with van der Waals surface area (Å²) in [6.45, 7) is 2.34. The topological polar surface area (TPSA) is 29.5 Å². The van der Waals surface area contributed by atoms with Gasteiger partial charge in [0, 0.05) is 12.7 Å². The molecule has 3 nitrogen and oxygen atoms in total. The van der Waals surface area contributed by atoms with Crippen molar-refractivity contribution in [3.8, 4) is 0 Å². The predicted octanol–water partition coefficient (Wildman–Crippen LogP) is 2.76. The molecule has 0 spiro atoms. The van der Waals surface area contributed by atoms with Gasteiger partial charge in [0.25, 0.3) is 0 Å². The Hall–Kier alpha value is -2.03. The van der Waals surface area contributed by atoms with Crippen LogP contribution in [-0.4, -0.2) is 26.7 Å². The molecule has 0 aromatic heterocycles. The summed E-state index contributed by atoms with van der Waals surface area (Å²) in [5.41, 5.74) is 2.26. The van der Waals surface area contributed by atoms with Crippen LogP contribution in [0.2, 0.25) is 0 Å². The van der Waals surface area contributed by atoms with E-state index in [0.29, 0.717) is 0 Å². The molecule has 3 heteroatoms. The minimum atomic E-state index is -0.235. The molecule has 0 radical (unpaired) electrons. The summed E-state index contributed by atoms with van der Waals surface area (Å²) in [7, 11) is 3.28. The van der Waals surface area contributed by atoms with Crippen molar-refractivity contribution < 1.29 is 9.53 Å². The first-order valence-electron chi connectivity index (χ1n) is 5.88. The Morgan fingerprint density at radius 1 is 1.17 bits per heavy atom. The van der Waals surface area contributed by atoms with Crippen molar-refractivity contribution in [3.63, 3.8) is 0 Å². The summed E-state index contributed by atoms with van der Waals surface area (Å²) < 4.78 is 4.66. The standard InChI is InChI=1S/C15H17NO2/c1-11-4-5-13-9-14(7-6-12(13)8-11)16(2)10-15(17)18-3/h4-9H,10H2,1-3H3. The van der Waals surface area contributed by atoms with Gasteiger partial charge in [0.05, 0.1) is 7.11 Å². The molecule has 0 saturated heterocycles. The second-order valence-corrected chi connectivity index (χ2v) is 4.47. The molecular weight excluding hydrogens is 226 g/mol. The van der Waals surface area contributed by atoms with E-state index in [9.17, 15) is 4.79 Å². The molecule has 94 valence electrons. The van der Waals surface area contributed by atoms with Gasteiger partial charge in [0.15, 0.2) is 0 Å². The van der Waals surface area contributed by atoms with Crippen LogP contribution in [0.25, 0.3) is 10.8 Å². The number of likely N-dealkylation sites (N-methyl/N-ethyl adjacent to an activating group) is 1. The number of carbonyl (C=O) groups excluding carboxylic acids is 1. The maximum atomic E-state index is 11.2. The molecule has 2 aromatic carbocycles. The van der Waals surface area contributed by atoms with E-state index in [1.807, 2.05) is 18.0 Å². The van der Waals surface area contributed by atoms with Gasteiger partial charge in [0.2, 0.25) is 0 Å². The van der Waals surface area contributed by atoms with Crippen molar-refractivity contribution in [2.75, 3.05) is 25.6 Å². The number of carbonyl (C=O) groups is 1. The summed E-state index contributed by atoms with van der Waals surface area (Å²) in [6.07, 6.45) is 0. The number of anilines is 1. The fourth-order valence-electron chi connectivity index (χ4n) is 1.94. The summed E-state index contributed by atoms with van der Waals surface area (Å²) in [5, 5.41) is 2.39. The molecule has 0 N–H and O–H groups in total. The number of rotatable bonds is 3. The normalized spacial score (nSPS) is 10.4. The number of ether oxygens (including phenoxy) is 1. The summed E-state index contributed by atoms with van der Waals surface area (Å²) in [5.74, 6) is -0.235. The van der Waals surface area contributed by atoms with Gasteiger partial charge in [-0.05, 0) is 29.8 Å². The van der Waals surface area contributed by atoms with E-state index in [1.165, 1.54) is 23.4 Å². The average molecular weight is 243 g/mol. The minimum Gasteiger partial charge on any atom is -0.468 e. The molecule has 0 aliphatic heterocycles. The maximum absolute atomic E-state index is 11.2. The highest BCUT2D eigenvalue weighted by atomic mass is 16.5. The molecule has 0 amide bonds. The quantitative estimate of drug-likeness (QED) is 0.776. The maximum Gasteiger partial charge on any atom is 0.325 e. The summed E-state index contributed by atoms with van der Waals surface area (Å²) in [4.78, 5) is 13.1. The smallest absolute Gasteiger partial charge is 0.325 e. The van der Waals surface area contributed by atoms with Crippen LogP contribution in [0.1, 0.15) is 5.56 Å². The first-order chi connectivity index (χ1) is 8.60. The highest BCUT2D eigenvalue weighted by molar-refractivity contribution is 5.87. The van der Waals surface area contributed by atoms with Crippen LogP contribution < -0.4 is 4.90 Å². The van der Waals surface area contributed by atoms with Gasteiger partial charge in [-0.15, -0.1) is 0 Å². The zero-order valence-electron chi connectivity index (χ0n) is 10.9. The molecule has 2 aromatic rings. The Morgan fingerprint density at radius 3 is 2.56 bits per heavy atom. The van der Waals surface area contributed by atoms with Crippen LogP contribution in [0, 0.1) is 6.92 Å². The van der Waals surface area contributed by atoms with E-state index in [0.717, 1.165) is 5.69 Å².